The van der Waals surface area contributed by atoms with Gasteiger partial charge in [0.1, 0.15) is 6.04 Å². The van der Waals surface area contributed by atoms with Crippen LogP contribution >= 0.6 is 0 Å². The van der Waals surface area contributed by atoms with Gasteiger partial charge in [-0.1, -0.05) is 0 Å². The lowest BCUT2D eigenvalue weighted by molar-refractivity contribution is -0.138. The monoisotopic (exact) mass is 324 g/mol. The van der Waals surface area contributed by atoms with Crippen LogP contribution in [0.25, 0.3) is 0 Å². The largest absolute Gasteiger partial charge is 0.480 e. The molecule has 0 amide bonds. The summed E-state index contributed by atoms with van der Waals surface area (Å²) in [6.45, 7) is -1.29. The third-order valence-corrected chi connectivity index (χ3v) is 4.66. The van der Waals surface area contributed by atoms with E-state index in [1.807, 2.05) is 4.72 Å². The lowest BCUT2D eigenvalue weighted by Gasteiger charge is -2.20. The number of rotatable bonds is 6. The van der Waals surface area contributed by atoms with Crippen molar-refractivity contribution in [2.45, 2.75) is 24.8 Å². The number of carboxylic acid groups (broad SMARTS) is 1. The second-order valence-corrected chi connectivity index (χ2v) is 6.49. The van der Waals surface area contributed by atoms with Gasteiger partial charge in [-0.05, 0) is 11.6 Å². The van der Waals surface area contributed by atoms with Gasteiger partial charge in [0.25, 0.3) is 16.1 Å². The van der Waals surface area contributed by atoms with Gasteiger partial charge < -0.3 is 9.52 Å². The lowest BCUT2D eigenvalue weighted by atomic mass is 10.1. The summed E-state index contributed by atoms with van der Waals surface area (Å²) in [6, 6.07) is 0.0376. The molecule has 1 fully saturated rings. The number of hydrogen-bond acceptors (Lipinski definition) is 4. The number of aliphatic carboxylic acids is 1. The van der Waals surface area contributed by atoms with Crippen LogP contribution in [0.15, 0.2) is 23.0 Å². The molecular weight excluding hydrogens is 310 g/mol. The first kappa shape index (κ1) is 15.9. The molecule has 0 spiro atoms. The minimum atomic E-state index is -4.29. The highest BCUT2D eigenvalue weighted by atomic mass is 32.2. The average Bonchev–Trinajstić information content (AvgIpc) is 2.97. The maximum Gasteiger partial charge on any atom is 0.322 e. The molecule has 21 heavy (non-hydrogen) atoms. The predicted octanol–water partition coefficient (Wildman–Crippen LogP) is 0.451. The highest BCUT2D eigenvalue weighted by Crippen LogP contribution is 2.28. The molecule has 10 heteroatoms. The van der Waals surface area contributed by atoms with Gasteiger partial charge in [0.05, 0.1) is 19.1 Å². The van der Waals surface area contributed by atoms with Gasteiger partial charge >= 0.3 is 5.97 Å². The molecule has 0 aliphatic carbocycles. The van der Waals surface area contributed by atoms with Gasteiger partial charge in [-0.3, -0.25) is 4.79 Å². The molecule has 1 unspecified atom stereocenters. The van der Waals surface area contributed by atoms with Crippen molar-refractivity contribution in [2.24, 2.45) is 0 Å². The maximum absolute atomic E-state index is 13.1. The summed E-state index contributed by atoms with van der Waals surface area (Å²) in [5.41, 5.74) is 0.483. The van der Waals surface area contributed by atoms with E-state index in [4.69, 9.17) is 9.52 Å². The second kappa shape index (κ2) is 5.70. The van der Waals surface area contributed by atoms with E-state index in [9.17, 15) is 22.0 Å². The minimum absolute atomic E-state index is 0.144. The third-order valence-electron chi connectivity index (χ3n) is 3.08. The summed E-state index contributed by atoms with van der Waals surface area (Å²) in [7, 11) is -4.29. The summed E-state index contributed by atoms with van der Waals surface area (Å²) >= 11 is 0. The maximum atomic E-state index is 13.1. The number of halogens is 2. The zero-order valence-corrected chi connectivity index (χ0v) is 11.6. The number of hydrogen-bond donors (Lipinski definition) is 2. The number of carboxylic acids is 1. The summed E-state index contributed by atoms with van der Waals surface area (Å²) in [5.74, 6) is -4.48. The smallest absolute Gasteiger partial charge is 0.322 e. The van der Waals surface area contributed by atoms with Gasteiger partial charge in [0.15, 0.2) is 0 Å². The molecule has 2 N–H and O–H groups in total. The Hall–Kier alpha value is -1.52. The first-order valence-electron chi connectivity index (χ1n) is 6.09. The number of furan rings is 1. The molecule has 1 aliphatic heterocycles. The number of carbonyl (C=O) groups is 1. The minimum Gasteiger partial charge on any atom is -0.480 e. The number of alkyl halides is 2. The molecule has 0 saturated carbocycles. The van der Waals surface area contributed by atoms with Crippen molar-refractivity contribution < 1.29 is 31.5 Å². The van der Waals surface area contributed by atoms with E-state index in [0.717, 1.165) is 0 Å². The summed E-state index contributed by atoms with van der Waals surface area (Å²) in [4.78, 5) is 11.1. The lowest BCUT2D eigenvalue weighted by Crippen LogP contribution is -2.49. The molecule has 2 rings (SSSR count). The Bertz CT molecular complexity index is 602. The van der Waals surface area contributed by atoms with Crippen LogP contribution in [-0.4, -0.2) is 48.9 Å². The van der Waals surface area contributed by atoms with Crippen molar-refractivity contribution in [3.63, 3.8) is 0 Å². The van der Waals surface area contributed by atoms with Crippen LogP contribution < -0.4 is 4.72 Å². The first-order valence-corrected chi connectivity index (χ1v) is 7.53. The van der Waals surface area contributed by atoms with Crippen molar-refractivity contribution in [3.05, 3.63) is 24.2 Å². The Balaban J connectivity index is 2.07. The Morgan fingerprint density at radius 3 is 2.76 bits per heavy atom. The van der Waals surface area contributed by atoms with E-state index >= 15 is 0 Å². The van der Waals surface area contributed by atoms with Crippen LogP contribution in [0.3, 0.4) is 0 Å². The molecule has 2 heterocycles. The van der Waals surface area contributed by atoms with Gasteiger partial charge in [-0.25, -0.2) is 8.78 Å². The van der Waals surface area contributed by atoms with Crippen molar-refractivity contribution in [2.75, 3.05) is 13.1 Å². The van der Waals surface area contributed by atoms with Crippen LogP contribution in [0.1, 0.15) is 12.0 Å². The molecule has 1 saturated heterocycles. The van der Waals surface area contributed by atoms with E-state index in [0.29, 0.717) is 9.87 Å². The Kier molecular flexibility index (Phi) is 4.30. The fraction of sp³-hybridized carbons (Fsp3) is 0.545. The van der Waals surface area contributed by atoms with Gasteiger partial charge in [0.2, 0.25) is 0 Å². The Labute approximate surface area is 119 Å². The molecule has 1 aromatic heterocycles. The molecule has 7 nitrogen and oxygen atoms in total. The van der Waals surface area contributed by atoms with Crippen LogP contribution in [0, 0.1) is 0 Å². The third kappa shape index (κ3) is 3.99. The molecule has 1 atom stereocenters. The Morgan fingerprint density at radius 2 is 2.29 bits per heavy atom. The van der Waals surface area contributed by atoms with Gasteiger partial charge in [-0.2, -0.15) is 17.4 Å². The predicted molar refractivity (Wildman–Crippen MR) is 67.0 cm³/mol. The summed E-state index contributed by atoms with van der Waals surface area (Å²) < 4.78 is 57.3. The molecule has 118 valence electrons. The summed E-state index contributed by atoms with van der Waals surface area (Å²) in [6.07, 6.45) is 1.89. The number of nitrogens with one attached hydrogen (secondary N) is 1. The van der Waals surface area contributed by atoms with Crippen molar-refractivity contribution >= 4 is 16.2 Å². The van der Waals surface area contributed by atoms with Crippen molar-refractivity contribution in [1.29, 1.82) is 0 Å². The number of nitrogens with zero attached hydrogens (tertiary/aromatic N) is 1. The van der Waals surface area contributed by atoms with Crippen molar-refractivity contribution in [3.8, 4) is 0 Å². The molecular formula is C11H14F2N2O5S. The van der Waals surface area contributed by atoms with Crippen LogP contribution in [0.4, 0.5) is 8.78 Å². The van der Waals surface area contributed by atoms with E-state index in [2.05, 4.69) is 0 Å². The van der Waals surface area contributed by atoms with E-state index < -0.39 is 41.1 Å². The van der Waals surface area contributed by atoms with Gasteiger partial charge in [0, 0.05) is 19.4 Å². The highest BCUT2D eigenvalue weighted by molar-refractivity contribution is 7.87. The van der Waals surface area contributed by atoms with E-state index in [-0.39, 0.29) is 13.0 Å². The van der Waals surface area contributed by atoms with Gasteiger partial charge in [-0.15, -0.1) is 0 Å². The Morgan fingerprint density at radius 1 is 1.57 bits per heavy atom. The highest BCUT2D eigenvalue weighted by Gasteiger charge is 2.44. The zero-order chi connectivity index (χ0) is 15.7. The SMILES string of the molecule is O=C(O)C(Cc1ccoc1)NS(=O)(=O)N1CCC(F)(F)C1. The van der Waals surface area contributed by atoms with E-state index in [1.54, 1.807) is 0 Å². The zero-order valence-electron chi connectivity index (χ0n) is 10.8. The summed E-state index contributed by atoms with van der Waals surface area (Å²) in [5, 5.41) is 9.06. The van der Waals surface area contributed by atoms with Crippen LogP contribution in [-0.2, 0) is 21.4 Å². The van der Waals surface area contributed by atoms with Crippen molar-refractivity contribution in [1.82, 2.24) is 9.03 Å². The first-order chi connectivity index (χ1) is 9.70. The second-order valence-electron chi connectivity index (χ2n) is 4.79. The van der Waals surface area contributed by atoms with Crippen LogP contribution in [0.5, 0.6) is 0 Å². The quantitative estimate of drug-likeness (QED) is 0.791. The molecule has 1 aromatic rings. The average molecular weight is 324 g/mol. The van der Waals surface area contributed by atoms with Crippen LogP contribution in [0.2, 0.25) is 0 Å². The fourth-order valence-electron chi connectivity index (χ4n) is 1.99. The molecule has 0 aromatic carbocycles. The molecule has 0 radical (unpaired) electrons. The fourth-order valence-corrected chi connectivity index (χ4v) is 3.37. The molecule has 1 aliphatic rings. The molecule has 0 bridgehead atoms. The topological polar surface area (TPSA) is 99.8 Å². The van der Waals surface area contributed by atoms with E-state index in [1.165, 1.54) is 18.6 Å². The standard InChI is InChI=1S/C11H14F2N2O5S/c12-11(13)2-3-15(7-11)21(18,19)14-9(10(16)17)5-8-1-4-20-6-8/h1,4,6,9,14H,2-3,5,7H2,(H,16,17). The normalized spacial score (nSPS) is 20.5.